The Morgan fingerprint density at radius 3 is 2.42 bits per heavy atom. The Hall–Kier alpha value is -3.40. The Morgan fingerprint density at radius 1 is 1.06 bits per heavy atom. The van der Waals surface area contributed by atoms with Crippen molar-refractivity contribution in [1.29, 1.82) is 0 Å². The van der Waals surface area contributed by atoms with Gasteiger partial charge in [-0.25, -0.2) is 8.78 Å². The number of amides is 2. The van der Waals surface area contributed by atoms with Gasteiger partial charge in [0.15, 0.2) is 11.6 Å². The molecule has 0 aromatic heterocycles. The molecule has 1 saturated heterocycles. The Balaban J connectivity index is 1.37. The van der Waals surface area contributed by atoms with E-state index in [2.05, 4.69) is 15.5 Å². The second kappa shape index (κ2) is 11.0. The van der Waals surface area contributed by atoms with E-state index in [1.807, 2.05) is 18.2 Å². The number of nitrogens with one attached hydrogen (secondary N) is 2. The second-order valence-electron chi connectivity index (χ2n) is 8.14. The lowest BCUT2D eigenvalue weighted by molar-refractivity contribution is -0.120. The smallest absolute Gasteiger partial charge is 0.253 e. The summed E-state index contributed by atoms with van der Waals surface area (Å²) in [6.07, 6.45) is 1.87. The quantitative estimate of drug-likeness (QED) is 0.446. The van der Waals surface area contributed by atoms with Crippen molar-refractivity contribution >= 4 is 23.2 Å². The lowest BCUT2D eigenvalue weighted by Crippen LogP contribution is -2.41. The SMILES string of the molecule is COc1ccc(CN2CCC(CNC(=O)CNC(=O)c3cc(F)c(F)cc3N)CC2)cc1N. The van der Waals surface area contributed by atoms with Gasteiger partial charge < -0.3 is 26.8 Å². The first-order valence-electron chi connectivity index (χ1n) is 10.7. The van der Waals surface area contributed by atoms with Crippen LogP contribution in [0.25, 0.3) is 0 Å². The van der Waals surface area contributed by atoms with Crippen LogP contribution < -0.4 is 26.8 Å². The molecule has 178 valence electrons. The van der Waals surface area contributed by atoms with Crippen molar-refractivity contribution in [2.24, 2.45) is 5.92 Å². The number of rotatable bonds is 8. The molecular formula is C23H29F2N5O3. The molecule has 10 heteroatoms. The number of nitrogens with zero attached hydrogens (tertiary/aromatic N) is 1. The molecule has 1 fully saturated rings. The standard InChI is InChI=1S/C23H29F2N5O3/c1-33-21-3-2-15(8-20(21)27)13-30-6-4-14(5-7-30)11-28-22(31)12-29-23(32)16-9-17(24)18(25)10-19(16)26/h2-3,8-10,14H,4-7,11-13,26-27H2,1H3,(H,28,31)(H,29,32). The van der Waals surface area contributed by atoms with Gasteiger partial charge in [-0.3, -0.25) is 14.5 Å². The van der Waals surface area contributed by atoms with Gasteiger partial charge in [-0.05, 0) is 55.6 Å². The second-order valence-corrected chi connectivity index (χ2v) is 8.14. The molecule has 2 amide bonds. The van der Waals surface area contributed by atoms with E-state index in [4.69, 9.17) is 16.2 Å². The average molecular weight is 462 g/mol. The zero-order valence-corrected chi connectivity index (χ0v) is 18.5. The van der Waals surface area contributed by atoms with Gasteiger partial charge in [0.05, 0.1) is 24.9 Å². The van der Waals surface area contributed by atoms with Crippen molar-refractivity contribution in [3.63, 3.8) is 0 Å². The van der Waals surface area contributed by atoms with E-state index in [9.17, 15) is 18.4 Å². The molecule has 1 heterocycles. The summed E-state index contributed by atoms with van der Waals surface area (Å²) in [7, 11) is 1.59. The van der Waals surface area contributed by atoms with Crippen LogP contribution in [-0.2, 0) is 11.3 Å². The van der Waals surface area contributed by atoms with Crippen LogP contribution in [0.15, 0.2) is 30.3 Å². The number of hydrogen-bond acceptors (Lipinski definition) is 6. The number of anilines is 2. The number of hydrogen-bond donors (Lipinski definition) is 4. The van der Waals surface area contributed by atoms with E-state index in [0.717, 1.165) is 44.1 Å². The number of carbonyl (C=O) groups is 2. The van der Waals surface area contributed by atoms with Crippen LogP contribution in [0.2, 0.25) is 0 Å². The molecule has 0 atom stereocenters. The summed E-state index contributed by atoms with van der Waals surface area (Å²) in [4.78, 5) is 26.5. The maximum atomic E-state index is 13.3. The fourth-order valence-corrected chi connectivity index (χ4v) is 3.82. The molecule has 6 N–H and O–H groups in total. The van der Waals surface area contributed by atoms with E-state index in [-0.39, 0.29) is 23.7 Å². The number of nitrogens with two attached hydrogens (primary N) is 2. The minimum atomic E-state index is -1.18. The molecule has 33 heavy (non-hydrogen) atoms. The highest BCUT2D eigenvalue weighted by Crippen LogP contribution is 2.24. The monoisotopic (exact) mass is 461 g/mol. The third-order valence-electron chi connectivity index (χ3n) is 5.74. The van der Waals surface area contributed by atoms with Crippen LogP contribution in [-0.4, -0.2) is 50.0 Å². The van der Waals surface area contributed by atoms with Gasteiger partial charge in [-0.2, -0.15) is 0 Å². The first-order chi connectivity index (χ1) is 15.8. The van der Waals surface area contributed by atoms with Crippen LogP contribution >= 0.6 is 0 Å². The molecule has 2 aromatic carbocycles. The topological polar surface area (TPSA) is 123 Å². The molecule has 8 nitrogen and oxygen atoms in total. The highest BCUT2D eigenvalue weighted by atomic mass is 19.2. The van der Waals surface area contributed by atoms with Crippen molar-refractivity contribution in [3.05, 3.63) is 53.1 Å². The fourth-order valence-electron chi connectivity index (χ4n) is 3.82. The average Bonchev–Trinajstić information content (AvgIpc) is 2.79. The number of benzene rings is 2. The first-order valence-corrected chi connectivity index (χ1v) is 10.7. The van der Waals surface area contributed by atoms with Crippen molar-refractivity contribution in [3.8, 4) is 5.75 Å². The molecule has 1 aliphatic heterocycles. The highest BCUT2D eigenvalue weighted by Gasteiger charge is 2.20. The van der Waals surface area contributed by atoms with Gasteiger partial charge in [-0.1, -0.05) is 6.07 Å². The zero-order valence-electron chi connectivity index (χ0n) is 18.5. The molecule has 0 spiro atoms. The number of carbonyl (C=O) groups excluding carboxylic acids is 2. The van der Waals surface area contributed by atoms with Crippen LogP contribution in [0.1, 0.15) is 28.8 Å². The van der Waals surface area contributed by atoms with E-state index < -0.39 is 17.5 Å². The third kappa shape index (κ3) is 6.55. The summed E-state index contributed by atoms with van der Waals surface area (Å²) < 4.78 is 31.7. The molecule has 0 bridgehead atoms. The third-order valence-corrected chi connectivity index (χ3v) is 5.74. The van der Waals surface area contributed by atoms with Crippen molar-refractivity contribution in [1.82, 2.24) is 15.5 Å². The summed E-state index contributed by atoms with van der Waals surface area (Å²) in [5, 5.41) is 5.18. The number of nitrogen functional groups attached to an aromatic ring is 2. The molecule has 0 unspecified atom stereocenters. The van der Waals surface area contributed by atoms with Gasteiger partial charge in [0.1, 0.15) is 5.75 Å². The van der Waals surface area contributed by atoms with Crippen molar-refractivity contribution in [2.75, 3.05) is 44.8 Å². The molecule has 3 rings (SSSR count). The van der Waals surface area contributed by atoms with E-state index in [1.54, 1.807) is 7.11 Å². The van der Waals surface area contributed by atoms with E-state index in [0.29, 0.717) is 30.0 Å². The molecule has 0 saturated carbocycles. The highest BCUT2D eigenvalue weighted by molar-refractivity contribution is 6.00. The Kier molecular flexibility index (Phi) is 8.05. The predicted octanol–water partition coefficient (Wildman–Crippen LogP) is 1.90. The molecular weight excluding hydrogens is 432 g/mol. The summed E-state index contributed by atoms with van der Waals surface area (Å²) in [5.74, 6) is -2.42. The number of ether oxygens (including phenoxy) is 1. The number of methoxy groups -OCH3 is 1. The number of piperidine rings is 1. The number of halogens is 2. The van der Waals surface area contributed by atoms with Crippen molar-refractivity contribution < 1.29 is 23.1 Å². The lowest BCUT2D eigenvalue weighted by Gasteiger charge is -2.32. The van der Waals surface area contributed by atoms with Gasteiger partial charge in [0.2, 0.25) is 5.91 Å². The van der Waals surface area contributed by atoms with E-state index in [1.165, 1.54) is 0 Å². The van der Waals surface area contributed by atoms with Gasteiger partial charge >= 0.3 is 0 Å². The van der Waals surface area contributed by atoms with Crippen LogP contribution in [0, 0.1) is 17.6 Å². The van der Waals surface area contributed by atoms with Gasteiger partial charge in [0.25, 0.3) is 5.91 Å². The lowest BCUT2D eigenvalue weighted by atomic mass is 9.96. The van der Waals surface area contributed by atoms with Gasteiger partial charge in [-0.15, -0.1) is 0 Å². The summed E-state index contributed by atoms with van der Waals surface area (Å²) in [6.45, 7) is 2.82. The molecule has 0 aliphatic carbocycles. The maximum absolute atomic E-state index is 13.3. The normalized spacial score (nSPS) is 14.6. The molecule has 1 aliphatic rings. The fraction of sp³-hybridized carbons (Fsp3) is 0.391. The zero-order chi connectivity index (χ0) is 24.0. The van der Waals surface area contributed by atoms with Crippen LogP contribution in [0.5, 0.6) is 5.75 Å². The Bertz CT molecular complexity index is 1010. The predicted molar refractivity (Wildman–Crippen MR) is 122 cm³/mol. The summed E-state index contributed by atoms with van der Waals surface area (Å²) in [5.41, 5.74) is 12.9. The largest absolute Gasteiger partial charge is 0.495 e. The Morgan fingerprint density at radius 2 is 1.76 bits per heavy atom. The molecule has 2 aromatic rings. The van der Waals surface area contributed by atoms with E-state index >= 15 is 0 Å². The van der Waals surface area contributed by atoms with Crippen LogP contribution in [0.3, 0.4) is 0 Å². The molecule has 0 radical (unpaired) electrons. The summed E-state index contributed by atoms with van der Waals surface area (Å²) in [6, 6.07) is 7.25. The van der Waals surface area contributed by atoms with Crippen molar-refractivity contribution in [2.45, 2.75) is 19.4 Å². The minimum Gasteiger partial charge on any atom is -0.495 e. The maximum Gasteiger partial charge on any atom is 0.253 e. The summed E-state index contributed by atoms with van der Waals surface area (Å²) >= 11 is 0. The first kappa shape index (κ1) is 24.2. The number of likely N-dealkylation sites (tertiary alicyclic amines) is 1. The van der Waals surface area contributed by atoms with Gasteiger partial charge in [0, 0.05) is 24.8 Å². The Labute approximate surface area is 191 Å². The van der Waals surface area contributed by atoms with Crippen LogP contribution in [0.4, 0.5) is 20.2 Å². The minimum absolute atomic E-state index is 0.198.